The van der Waals surface area contributed by atoms with Gasteiger partial charge in [-0.05, 0) is 51.0 Å². The monoisotopic (exact) mass is 470 g/mol. The number of carbonyl (C=O) groups excluding carboxylic acids is 1. The first-order valence-electron chi connectivity index (χ1n) is 10.2. The third-order valence-electron chi connectivity index (χ3n) is 5.27. The molecule has 0 aliphatic carbocycles. The van der Waals surface area contributed by atoms with Gasteiger partial charge in [-0.3, -0.25) is 4.79 Å². The standard InChI is InChI=1S/C22H25F3N2O4S/c1-16(2)27(18-7-4-3-5-8-18)21(28)17-11-13-26(14-12-17)32(29,30)20-10-6-9-19(15-20)31-22(23,24)25/h3-10,15-17H,11-14H2,1-2H3. The number of hydrogen-bond acceptors (Lipinski definition) is 4. The Hall–Kier alpha value is -2.59. The maximum Gasteiger partial charge on any atom is 0.573 e. The number of anilines is 1. The van der Waals surface area contributed by atoms with Crippen LogP contribution in [0.15, 0.2) is 59.5 Å². The molecule has 1 aliphatic rings. The number of nitrogens with zero attached hydrogens (tertiary/aromatic N) is 2. The summed E-state index contributed by atoms with van der Waals surface area (Å²) in [5, 5.41) is 0. The second kappa shape index (κ2) is 9.50. The Bertz CT molecular complexity index is 1030. The van der Waals surface area contributed by atoms with Crippen molar-refractivity contribution in [3.8, 4) is 5.75 Å². The highest BCUT2D eigenvalue weighted by Gasteiger charge is 2.36. The molecule has 2 aromatic rings. The van der Waals surface area contributed by atoms with Gasteiger partial charge in [-0.1, -0.05) is 24.3 Å². The lowest BCUT2D eigenvalue weighted by Gasteiger charge is -2.35. The van der Waals surface area contributed by atoms with Gasteiger partial charge >= 0.3 is 6.36 Å². The second-order valence-electron chi connectivity index (χ2n) is 7.84. The lowest BCUT2D eigenvalue weighted by molar-refractivity contribution is -0.274. The van der Waals surface area contributed by atoms with Crippen LogP contribution in [0.3, 0.4) is 0 Å². The molecule has 0 bridgehead atoms. The molecule has 174 valence electrons. The Morgan fingerprint density at radius 3 is 2.25 bits per heavy atom. The first-order chi connectivity index (χ1) is 15.0. The molecule has 32 heavy (non-hydrogen) atoms. The normalized spacial score (nSPS) is 16.2. The van der Waals surface area contributed by atoms with Crippen molar-refractivity contribution in [3.63, 3.8) is 0 Å². The first kappa shape index (κ1) is 24.1. The van der Waals surface area contributed by atoms with E-state index >= 15 is 0 Å². The van der Waals surface area contributed by atoms with Crippen molar-refractivity contribution in [2.45, 2.75) is 44.0 Å². The fourth-order valence-electron chi connectivity index (χ4n) is 3.79. The maximum atomic E-state index is 13.2. The Balaban J connectivity index is 1.71. The van der Waals surface area contributed by atoms with Gasteiger partial charge in [0.15, 0.2) is 0 Å². The third kappa shape index (κ3) is 5.60. The Kier molecular flexibility index (Phi) is 7.14. The zero-order valence-corrected chi connectivity index (χ0v) is 18.6. The fourth-order valence-corrected chi connectivity index (χ4v) is 5.29. The largest absolute Gasteiger partial charge is 0.573 e. The van der Waals surface area contributed by atoms with Gasteiger partial charge in [0, 0.05) is 36.8 Å². The minimum absolute atomic E-state index is 0.0659. The molecule has 3 rings (SSSR count). The number of hydrogen-bond donors (Lipinski definition) is 0. The number of halogens is 3. The number of piperidine rings is 1. The van der Waals surface area contributed by atoms with E-state index in [1.54, 1.807) is 4.90 Å². The summed E-state index contributed by atoms with van der Waals surface area (Å²) in [5.74, 6) is -1.01. The van der Waals surface area contributed by atoms with E-state index in [1.165, 1.54) is 16.4 Å². The van der Waals surface area contributed by atoms with Gasteiger partial charge in [0.2, 0.25) is 15.9 Å². The van der Waals surface area contributed by atoms with E-state index < -0.39 is 22.1 Å². The van der Waals surface area contributed by atoms with Crippen LogP contribution in [0.2, 0.25) is 0 Å². The molecule has 0 atom stereocenters. The number of sulfonamides is 1. The molecule has 0 N–H and O–H groups in total. The quantitative estimate of drug-likeness (QED) is 0.627. The Labute approximate surface area is 185 Å². The summed E-state index contributed by atoms with van der Waals surface area (Å²) in [7, 11) is -4.02. The Morgan fingerprint density at radius 1 is 1.06 bits per heavy atom. The van der Waals surface area contributed by atoms with Crippen molar-refractivity contribution < 1.29 is 31.1 Å². The molecule has 0 aromatic heterocycles. The summed E-state index contributed by atoms with van der Waals surface area (Å²) in [6, 6.07) is 13.5. The van der Waals surface area contributed by atoms with Crippen molar-refractivity contribution in [3.05, 3.63) is 54.6 Å². The van der Waals surface area contributed by atoms with E-state index in [0.29, 0.717) is 12.8 Å². The molecule has 0 radical (unpaired) electrons. The van der Waals surface area contributed by atoms with Crippen LogP contribution >= 0.6 is 0 Å². The second-order valence-corrected chi connectivity index (χ2v) is 9.78. The van der Waals surface area contributed by atoms with Crippen LogP contribution in [0.4, 0.5) is 18.9 Å². The van der Waals surface area contributed by atoms with E-state index in [2.05, 4.69) is 4.74 Å². The van der Waals surface area contributed by atoms with Crippen LogP contribution in [-0.4, -0.2) is 44.1 Å². The van der Waals surface area contributed by atoms with E-state index in [-0.39, 0.29) is 35.9 Å². The van der Waals surface area contributed by atoms with E-state index in [4.69, 9.17) is 0 Å². The van der Waals surface area contributed by atoms with Gasteiger partial charge in [-0.2, -0.15) is 4.31 Å². The van der Waals surface area contributed by atoms with Gasteiger partial charge in [0.05, 0.1) is 4.90 Å². The van der Waals surface area contributed by atoms with Crippen molar-refractivity contribution in [1.29, 1.82) is 0 Å². The predicted molar refractivity (Wildman–Crippen MR) is 114 cm³/mol. The van der Waals surface area contributed by atoms with Gasteiger partial charge in [-0.25, -0.2) is 8.42 Å². The van der Waals surface area contributed by atoms with Crippen LogP contribution in [0.1, 0.15) is 26.7 Å². The molecular formula is C22H25F3N2O4S. The van der Waals surface area contributed by atoms with Gasteiger partial charge < -0.3 is 9.64 Å². The highest BCUT2D eigenvalue weighted by Crippen LogP contribution is 2.30. The molecule has 0 saturated carbocycles. The number of alkyl halides is 3. The zero-order chi connectivity index (χ0) is 23.5. The summed E-state index contributed by atoms with van der Waals surface area (Å²) >= 11 is 0. The summed E-state index contributed by atoms with van der Waals surface area (Å²) in [4.78, 5) is 14.6. The third-order valence-corrected chi connectivity index (χ3v) is 7.16. The molecule has 2 aromatic carbocycles. The molecule has 0 spiro atoms. The number of ether oxygens (including phenoxy) is 1. The van der Waals surface area contributed by atoms with Crippen LogP contribution in [0, 0.1) is 5.92 Å². The number of benzene rings is 2. The van der Waals surface area contributed by atoms with Crippen LogP contribution in [-0.2, 0) is 14.8 Å². The summed E-state index contributed by atoms with van der Waals surface area (Å²) < 4.78 is 68.3. The minimum atomic E-state index is -4.91. The summed E-state index contributed by atoms with van der Waals surface area (Å²) in [5.41, 5.74) is 0.782. The van der Waals surface area contributed by atoms with Crippen molar-refractivity contribution in [2.75, 3.05) is 18.0 Å². The number of rotatable bonds is 6. The number of amides is 1. The van der Waals surface area contributed by atoms with Gasteiger partial charge in [-0.15, -0.1) is 13.2 Å². The van der Waals surface area contributed by atoms with Crippen LogP contribution < -0.4 is 9.64 Å². The Morgan fingerprint density at radius 2 is 1.69 bits per heavy atom. The average Bonchev–Trinajstić information content (AvgIpc) is 2.73. The van der Waals surface area contributed by atoms with E-state index in [9.17, 15) is 26.4 Å². The molecular weight excluding hydrogens is 445 g/mol. The topological polar surface area (TPSA) is 66.9 Å². The van der Waals surface area contributed by atoms with Crippen molar-refractivity contribution in [2.24, 2.45) is 5.92 Å². The molecule has 0 unspecified atom stereocenters. The molecule has 1 heterocycles. The van der Waals surface area contributed by atoms with Crippen LogP contribution in [0.5, 0.6) is 5.75 Å². The minimum Gasteiger partial charge on any atom is -0.406 e. The highest BCUT2D eigenvalue weighted by molar-refractivity contribution is 7.89. The lowest BCUT2D eigenvalue weighted by Crippen LogP contribution is -2.46. The molecule has 1 fully saturated rings. The molecule has 10 heteroatoms. The molecule has 1 amide bonds. The molecule has 1 aliphatic heterocycles. The van der Waals surface area contributed by atoms with Crippen molar-refractivity contribution >= 4 is 21.6 Å². The maximum absolute atomic E-state index is 13.2. The molecule has 1 saturated heterocycles. The fraction of sp³-hybridized carbons (Fsp3) is 0.409. The van der Waals surface area contributed by atoms with Gasteiger partial charge in [0.25, 0.3) is 0 Å². The van der Waals surface area contributed by atoms with Crippen LogP contribution in [0.25, 0.3) is 0 Å². The van der Waals surface area contributed by atoms with E-state index in [0.717, 1.165) is 17.8 Å². The number of carbonyl (C=O) groups is 1. The molecule has 6 nitrogen and oxygen atoms in total. The highest BCUT2D eigenvalue weighted by atomic mass is 32.2. The average molecular weight is 471 g/mol. The SMILES string of the molecule is CC(C)N(C(=O)C1CCN(S(=O)(=O)c2cccc(OC(F)(F)F)c2)CC1)c1ccccc1. The summed E-state index contributed by atoms with van der Waals surface area (Å²) in [6.45, 7) is 4.04. The summed E-state index contributed by atoms with van der Waals surface area (Å²) in [6.07, 6.45) is -4.26. The zero-order valence-electron chi connectivity index (χ0n) is 17.7. The van der Waals surface area contributed by atoms with Gasteiger partial charge in [0.1, 0.15) is 5.75 Å². The van der Waals surface area contributed by atoms with Crippen molar-refractivity contribution in [1.82, 2.24) is 4.31 Å². The van der Waals surface area contributed by atoms with E-state index in [1.807, 2.05) is 44.2 Å². The lowest BCUT2D eigenvalue weighted by atomic mass is 9.95. The first-order valence-corrected chi connectivity index (χ1v) is 11.7. The number of para-hydroxylation sites is 1. The smallest absolute Gasteiger partial charge is 0.406 e. The predicted octanol–water partition coefficient (Wildman–Crippen LogP) is 4.43.